The molecule has 0 bridgehead atoms. The molecule has 3 rings (SSSR count). The smallest absolute Gasteiger partial charge is 0.255 e. The standard InChI is InChI=1S/C23H19N3O2/c1-15-6-11-21(16(2)12-15)26-23(28)19-5-3-4-18(13-19)22(27)25-20-9-7-17(14-24)8-10-20/h3-13H,1-2H3,(H,25,27)(H,26,28). The number of aryl methyl sites for hydroxylation is 2. The number of carbonyl (C=O) groups excluding carboxylic acids is 2. The summed E-state index contributed by atoms with van der Waals surface area (Å²) in [6.45, 7) is 3.93. The molecule has 0 saturated heterocycles. The summed E-state index contributed by atoms with van der Waals surface area (Å²) in [5.41, 5.74) is 4.70. The topological polar surface area (TPSA) is 82.0 Å². The van der Waals surface area contributed by atoms with Crippen LogP contribution in [-0.2, 0) is 0 Å². The highest BCUT2D eigenvalue weighted by atomic mass is 16.2. The molecule has 0 unspecified atom stereocenters. The molecule has 2 N–H and O–H groups in total. The Kier molecular flexibility index (Phi) is 5.52. The van der Waals surface area contributed by atoms with Crippen molar-refractivity contribution in [2.45, 2.75) is 13.8 Å². The van der Waals surface area contributed by atoms with Crippen LogP contribution in [0.3, 0.4) is 0 Å². The summed E-state index contributed by atoms with van der Waals surface area (Å²) >= 11 is 0. The van der Waals surface area contributed by atoms with Gasteiger partial charge in [-0.1, -0.05) is 23.8 Å². The van der Waals surface area contributed by atoms with Crippen molar-refractivity contribution < 1.29 is 9.59 Å². The van der Waals surface area contributed by atoms with E-state index < -0.39 is 0 Å². The van der Waals surface area contributed by atoms with Crippen molar-refractivity contribution in [1.29, 1.82) is 5.26 Å². The highest BCUT2D eigenvalue weighted by molar-refractivity contribution is 6.08. The first-order valence-corrected chi connectivity index (χ1v) is 8.76. The maximum atomic E-state index is 12.6. The maximum absolute atomic E-state index is 12.6. The lowest BCUT2D eigenvalue weighted by Gasteiger charge is -2.10. The summed E-state index contributed by atoms with van der Waals surface area (Å²) in [4.78, 5) is 25.1. The van der Waals surface area contributed by atoms with E-state index in [1.807, 2.05) is 38.1 Å². The Bertz CT molecular complexity index is 1080. The van der Waals surface area contributed by atoms with Crippen LogP contribution in [-0.4, -0.2) is 11.8 Å². The van der Waals surface area contributed by atoms with Crippen LogP contribution in [0.2, 0.25) is 0 Å². The Hall–Kier alpha value is -3.91. The van der Waals surface area contributed by atoms with Crippen LogP contribution in [0.4, 0.5) is 11.4 Å². The van der Waals surface area contributed by atoms with E-state index in [4.69, 9.17) is 5.26 Å². The summed E-state index contributed by atoms with van der Waals surface area (Å²) in [6, 6.07) is 20.9. The van der Waals surface area contributed by atoms with E-state index in [1.165, 1.54) is 0 Å². The molecule has 0 heterocycles. The zero-order valence-corrected chi connectivity index (χ0v) is 15.6. The molecule has 0 aliphatic rings. The normalized spacial score (nSPS) is 10.0. The van der Waals surface area contributed by atoms with Gasteiger partial charge < -0.3 is 10.6 Å². The highest BCUT2D eigenvalue weighted by Gasteiger charge is 2.12. The van der Waals surface area contributed by atoms with Gasteiger partial charge in [-0.2, -0.15) is 5.26 Å². The van der Waals surface area contributed by atoms with E-state index in [9.17, 15) is 9.59 Å². The molecule has 0 aliphatic heterocycles. The van der Waals surface area contributed by atoms with Gasteiger partial charge in [-0.15, -0.1) is 0 Å². The van der Waals surface area contributed by atoms with Crippen LogP contribution >= 0.6 is 0 Å². The lowest BCUT2D eigenvalue weighted by Crippen LogP contribution is -2.16. The number of carbonyl (C=O) groups is 2. The van der Waals surface area contributed by atoms with Gasteiger partial charge in [0.1, 0.15) is 0 Å². The molecule has 0 atom stereocenters. The number of nitriles is 1. The zero-order chi connectivity index (χ0) is 20.1. The van der Waals surface area contributed by atoms with Gasteiger partial charge in [-0.25, -0.2) is 0 Å². The second-order valence-electron chi connectivity index (χ2n) is 6.50. The monoisotopic (exact) mass is 369 g/mol. The lowest BCUT2D eigenvalue weighted by atomic mass is 10.1. The van der Waals surface area contributed by atoms with Crippen molar-refractivity contribution in [2.24, 2.45) is 0 Å². The minimum atomic E-state index is -0.328. The van der Waals surface area contributed by atoms with Crippen LogP contribution in [0, 0.1) is 25.2 Å². The van der Waals surface area contributed by atoms with Crippen LogP contribution < -0.4 is 10.6 Å². The molecule has 0 radical (unpaired) electrons. The molecule has 2 amide bonds. The molecular weight excluding hydrogens is 350 g/mol. The molecule has 0 spiro atoms. The highest BCUT2D eigenvalue weighted by Crippen LogP contribution is 2.18. The number of nitrogens with zero attached hydrogens (tertiary/aromatic N) is 1. The fourth-order valence-electron chi connectivity index (χ4n) is 2.78. The van der Waals surface area contributed by atoms with E-state index in [1.54, 1.807) is 48.5 Å². The van der Waals surface area contributed by atoms with Crippen molar-refractivity contribution in [3.63, 3.8) is 0 Å². The maximum Gasteiger partial charge on any atom is 0.255 e. The molecule has 28 heavy (non-hydrogen) atoms. The Balaban J connectivity index is 1.74. The first-order chi connectivity index (χ1) is 13.5. The molecular formula is C23H19N3O2. The van der Waals surface area contributed by atoms with E-state index >= 15 is 0 Å². The van der Waals surface area contributed by atoms with Gasteiger partial charge in [0, 0.05) is 22.5 Å². The van der Waals surface area contributed by atoms with Crippen molar-refractivity contribution in [1.82, 2.24) is 0 Å². The summed E-state index contributed by atoms with van der Waals surface area (Å²) in [7, 11) is 0. The Labute approximate surface area is 163 Å². The molecule has 0 fully saturated rings. The van der Waals surface area contributed by atoms with Crippen molar-refractivity contribution in [3.05, 3.63) is 94.5 Å². The van der Waals surface area contributed by atoms with Crippen LogP contribution in [0.5, 0.6) is 0 Å². The molecule has 5 nitrogen and oxygen atoms in total. The molecule has 138 valence electrons. The first kappa shape index (κ1) is 18.9. The minimum Gasteiger partial charge on any atom is -0.322 e. The van der Waals surface area contributed by atoms with Crippen molar-refractivity contribution >= 4 is 23.2 Å². The Morgan fingerprint density at radius 1 is 0.821 bits per heavy atom. The number of rotatable bonds is 4. The second kappa shape index (κ2) is 8.19. The largest absolute Gasteiger partial charge is 0.322 e. The van der Waals surface area contributed by atoms with E-state index in [0.717, 1.165) is 16.8 Å². The minimum absolute atomic E-state index is 0.278. The fraction of sp³-hybridized carbons (Fsp3) is 0.0870. The molecule has 0 aliphatic carbocycles. The zero-order valence-electron chi connectivity index (χ0n) is 15.6. The van der Waals surface area contributed by atoms with Gasteiger partial charge in [-0.3, -0.25) is 9.59 Å². The average molecular weight is 369 g/mol. The molecule has 3 aromatic carbocycles. The van der Waals surface area contributed by atoms with Crippen molar-refractivity contribution in [3.8, 4) is 6.07 Å². The third-order valence-electron chi connectivity index (χ3n) is 4.29. The second-order valence-corrected chi connectivity index (χ2v) is 6.50. The molecule has 0 saturated carbocycles. The van der Waals surface area contributed by atoms with E-state index in [-0.39, 0.29) is 11.8 Å². The number of benzene rings is 3. The Morgan fingerprint density at radius 2 is 1.46 bits per heavy atom. The SMILES string of the molecule is Cc1ccc(NC(=O)c2cccc(C(=O)Nc3ccc(C#N)cc3)c2)c(C)c1. The Morgan fingerprint density at radius 3 is 2.07 bits per heavy atom. The number of hydrogen-bond donors (Lipinski definition) is 2. The van der Waals surface area contributed by atoms with Gasteiger partial charge >= 0.3 is 0 Å². The van der Waals surface area contributed by atoms with Crippen LogP contribution in [0.25, 0.3) is 0 Å². The lowest BCUT2D eigenvalue weighted by molar-refractivity contribution is 0.102. The van der Waals surface area contributed by atoms with Crippen molar-refractivity contribution in [2.75, 3.05) is 10.6 Å². The van der Waals surface area contributed by atoms with E-state index in [2.05, 4.69) is 10.6 Å². The first-order valence-electron chi connectivity index (χ1n) is 8.76. The molecule has 5 heteroatoms. The van der Waals surface area contributed by atoms with Gasteiger partial charge in [0.15, 0.2) is 0 Å². The number of amides is 2. The quantitative estimate of drug-likeness (QED) is 0.700. The van der Waals surface area contributed by atoms with Crippen LogP contribution in [0.15, 0.2) is 66.7 Å². The van der Waals surface area contributed by atoms with Gasteiger partial charge in [0.2, 0.25) is 0 Å². The third kappa shape index (κ3) is 4.43. The summed E-state index contributed by atoms with van der Waals surface area (Å²) in [6.07, 6.45) is 0. The molecule has 0 aromatic heterocycles. The number of hydrogen-bond acceptors (Lipinski definition) is 3. The van der Waals surface area contributed by atoms with Gasteiger partial charge in [0.05, 0.1) is 11.6 Å². The van der Waals surface area contributed by atoms with Gasteiger partial charge in [-0.05, 0) is 67.9 Å². The number of nitrogens with one attached hydrogen (secondary N) is 2. The van der Waals surface area contributed by atoms with Gasteiger partial charge in [0.25, 0.3) is 11.8 Å². The summed E-state index contributed by atoms with van der Waals surface area (Å²) in [5.74, 6) is -0.606. The van der Waals surface area contributed by atoms with E-state index in [0.29, 0.717) is 22.4 Å². The predicted octanol–water partition coefficient (Wildman–Crippen LogP) is 4.68. The van der Waals surface area contributed by atoms with Crippen LogP contribution in [0.1, 0.15) is 37.4 Å². The third-order valence-corrected chi connectivity index (χ3v) is 4.29. The number of anilines is 2. The fourth-order valence-corrected chi connectivity index (χ4v) is 2.78. The average Bonchev–Trinajstić information content (AvgIpc) is 2.70. The predicted molar refractivity (Wildman–Crippen MR) is 109 cm³/mol. The molecule has 3 aromatic rings. The summed E-state index contributed by atoms with van der Waals surface area (Å²) in [5, 5.41) is 14.5. The summed E-state index contributed by atoms with van der Waals surface area (Å²) < 4.78 is 0.